The molecule has 0 saturated carbocycles. The van der Waals surface area contributed by atoms with E-state index in [1.54, 1.807) is 6.20 Å². The van der Waals surface area contributed by atoms with Crippen LogP contribution in [0.3, 0.4) is 0 Å². The summed E-state index contributed by atoms with van der Waals surface area (Å²) in [5.74, 6) is 0. The minimum Gasteiger partial charge on any atom is -0.385 e. The van der Waals surface area contributed by atoms with E-state index in [1.807, 2.05) is 24.3 Å². The van der Waals surface area contributed by atoms with Crippen LogP contribution in [-0.2, 0) is 0 Å². The second-order valence-corrected chi connectivity index (χ2v) is 3.83. The van der Waals surface area contributed by atoms with Gasteiger partial charge in [0, 0.05) is 23.8 Å². The van der Waals surface area contributed by atoms with E-state index in [4.69, 9.17) is 11.6 Å². The molecule has 0 atom stereocenters. The van der Waals surface area contributed by atoms with E-state index < -0.39 is 0 Å². The van der Waals surface area contributed by atoms with Crippen molar-refractivity contribution in [3.63, 3.8) is 0 Å². The zero-order valence-corrected chi connectivity index (χ0v) is 9.38. The minimum absolute atomic E-state index is 0.702. The smallest absolute Gasteiger partial charge is 0.0908 e. The van der Waals surface area contributed by atoms with Gasteiger partial charge in [0.25, 0.3) is 0 Å². The standard InChI is InChI=1S/C12H13ClN2/c1-2-7-14-11-6-5-10(13)12-9(11)4-3-8-15-12/h3-6,8,14H,2,7H2,1H3. The fourth-order valence-corrected chi connectivity index (χ4v) is 1.77. The number of benzene rings is 1. The molecule has 1 N–H and O–H groups in total. The molecule has 0 unspecified atom stereocenters. The van der Waals surface area contributed by atoms with Gasteiger partial charge in [-0.3, -0.25) is 4.98 Å². The first-order valence-electron chi connectivity index (χ1n) is 5.10. The summed E-state index contributed by atoms with van der Waals surface area (Å²) in [6, 6.07) is 7.85. The highest BCUT2D eigenvalue weighted by atomic mass is 35.5. The Bertz CT molecular complexity index is 468. The molecule has 2 nitrogen and oxygen atoms in total. The van der Waals surface area contributed by atoms with Gasteiger partial charge in [-0.05, 0) is 30.7 Å². The van der Waals surface area contributed by atoms with E-state index in [1.165, 1.54) is 0 Å². The number of anilines is 1. The molecule has 0 aliphatic rings. The zero-order valence-electron chi connectivity index (χ0n) is 8.63. The summed E-state index contributed by atoms with van der Waals surface area (Å²) in [5, 5.41) is 5.15. The molecule has 0 spiro atoms. The lowest BCUT2D eigenvalue weighted by Gasteiger charge is -2.08. The lowest BCUT2D eigenvalue weighted by atomic mass is 10.2. The Morgan fingerprint density at radius 3 is 3.00 bits per heavy atom. The van der Waals surface area contributed by atoms with E-state index in [0.29, 0.717) is 5.02 Å². The minimum atomic E-state index is 0.702. The molecule has 0 bridgehead atoms. The van der Waals surface area contributed by atoms with Crippen LogP contribution >= 0.6 is 11.6 Å². The van der Waals surface area contributed by atoms with Crippen molar-refractivity contribution in [3.8, 4) is 0 Å². The number of halogens is 1. The van der Waals surface area contributed by atoms with Crippen LogP contribution in [0.2, 0.25) is 5.02 Å². The molecule has 2 aromatic rings. The Balaban J connectivity index is 2.51. The van der Waals surface area contributed by atoms with Crippen LogP contribution in [0.5, 0.6) is 0 Å². The number of nitrogens with one attached hydrogen (secondary N) is 1. The van der Waals surface area contributed by atoms with Crippen molar-refractivity contribution in [2.45, 2.75) is 13.3 Å². The van der Waals surface area contributed by atoms with E-state index in [2.05, 4.69) is 17.2 Å². The molecule has 0 radical (unpaired) electrons. The fourth-order valence-electron chi connectivity index (χ4n) is 1.55. The molecular formula is C12H13ClN2. The van der Waals surface area contributed by atoms with E-state index in [9.17, 15) is 0 Å². The SMILES string of the molecule is CCCNc1ccc(Cl)c2ncccc12. The van der Waals surface area contributed by atoms with Crippen LogP contribution in [0.25, 0.3) is 10.9 Å². The summed E-state index contributed by atoms with van der Waals surface area (Å²) in [7, 11) is 0. The third-order valence-corrected chi connectivity index (χ3v) is 2.59. The molecule has 1 heterocycles. The molecule has 1 aromatic carbocycles. The molecule has 0 amide bonds. The maximum Gasteiger partial charge on any atom is 0.0908 e. The normalized spacial score (nSPS) is 10.5. The highest BCUT2D eigenvalue weighted by molar-refractivity contribution is 6.35. The van der Waals surface area contributed by atoms with E-state index in [0.717, 1.165) is 29.6 Å². The van der Waals surface area contributed by atoms with Crippen molar-refractivity contribution in [1.82, 2.24) is 4.98 Å². The van der Waals surface area contributed by atoms with Crippen molar-refractivity contribution in [2.24, 2.45) is 0 Å². The average Bonchev–Trinajstić information content (AvgIpc) is 2.29. The van der Waals surface area contributed by atoms with Crippen molar-refractivity contribution < 1.29 is 0 Å². The molecule has 3 heteroatoms. The highest BCUT2D eigenvalue weighted by Gasteiger charge is 2.03. The number of hydrogen-bond donors (Lipinski definition) is 1. The number of hydrogen-bond acceptors (Lipinski definition) is 2. The highest BCUT2D eigenvalue weighted by Crippen LogP contribution is 2.27. The number of fused-ring (bicyclic) bond motifs is 1. The van der Waals surface area contributed by atoms with Gasteiger partial charge in [-0.15, -0.1) is 0 Å². The number of nitrogens with zero attached hydrogens (tertiary/aromatic N) is 1. The maximum atomic E-state index is 6.07. The quantitative estimate of drug-likeness (QED) is 0.853. The Morgan fingerprint density at radius 2 is 2.20 bits per heavy atom. The summed E-state index contributed by atoms with van der Waals surface area (Å²) < 4.78 is 0. The van der Waals surface area contributed by atoms with Crippen molar-refractivity contribution in [1.29, 1.82) is 0 Å². The molecule has 0 aliphatic carbocycles. The Kier molecular flexibility index (Phi) is 3.07. The van der Waals surface area contributed by atoms with Crippen LogP contribution in [0.4, 0.5) is 5.69 Å². The topological polar surface area (TPSA) is 24.9 Å². The number of rotatable bonds is 3. The van der Waals surface area contributed by atoms with Gasteiger partial charge in [0.1, 0.15) is 0 Å². The Morgan fingerprint density at radius 1 is 1.33 bits per heavy atom. The van der Waals surface area contributed by atoms with Crippen molar-refractivity contribution >= 4 is 28.2 Å². The first-order valence-corrected chi connectivity index (χ1v) is 5.48. The molecule has 2 rings (SSSR count). The predicted molar refractivity (Wildman–Crippen MR) is 65.5 cm³/mol. The van der Waals surface area contributed by atoms with Crippen LogP contribution in [0.15, 0.2) is 30.5 Å². The van der Waals surface area contributed by atoms with Crippen molar-refractivity contribution in [3.05, 3.63) is 35.5 Å². The van der Waals surface area contributed by atoms with Crippen LogP contribution in [0, 0.1) is 0 Å². The van der Waals surface area contributed by atoms with Gasteiger partial charge in [-0.25, -0.2) is 0 Å². The summed E-state index contributed by atoms with van der Waals surface area (Å²) in [6.45, 7) is 3.11. The largest absolute Gasteiger partial charge is 0.385 e. The molecule has 78 valence electrons. The van der Waals surface area contributed by atoms with Gasteiger partial charge >= 0.3 is 0 Å². The van der Waals surface area contributed by atoms with Gasteiger partial charge in [0.15, 0.2) is 0 Å². The monoisotopic (exact) mass is 220 g/mol. The molecule has 0 aliphatic heterocycles. The molecular weight excluding hydrogens is 208 g/mol. The predicted octanol–water partition coefficient (Wildman–Crippen LogP) is 3.71. The average molecular weight is 221 g/mol. The van der Waals surface area contributed by atoms with E-state index in [-0.39, 0.29) is 0 Å². The Hall–Kier alpha value is -1.28. The lowest BCUT2D eigenvalue weighted by Crippen LogP contribution is -2.00. The lowest BCUT2D eigenvalue weighted by molar-refractivity contribution is 0.981. The molecule has 0 saturated heterocycles. The van der Waals surface area contributed by atoms with E-state index >= 15 is 0 Å². The zero-order chi connectivity index (χ0) is 10.7. The third-order valence-electron chi connectivity index (χ3n) is 2.29. The van der Waals surface area contributed by atoms with Gasteiger partial charge < -0.3 is 5.32 Å². The molecule has 0 fully saturated rings. The second kappa shape index (κ2) is 4.49. The van der Waals surface area contributed by atoms with Gasteiger partial charge in [-0.1, -0.05) is 18.5 Å². The Labute approximate surface area is 94.3 Å². The van der Waals surface area contributed by atoms with Crippen molar-refractivity contribution in [2.75, 3.05) is 11.9 Å². The molecule has 15 heavy (non-hydrogen) atoms. The summed E-state index contributed by atoms with van der Waals surface area (Å²) in [4.78, 5) is 4.28. The first-order chi connectivity index (χ1) is 7.33. The van der Waals surface area contributed by atoms with Gasteiger partial charge in [0.05, 0.1) is 10.5 Å². The second-order valence-electron chi connectivity index (χ2n) is 3.42. The van der Waals surface area contributed by atoms with Gasteiger partial charge in [-0.2, -0.15) is 0 Å². The summed E-state index contributed by atoms with van der Waals surface area (Å²) in [5.41, 5.74) is 1.96. The number of pyridine rings is 1. The summed E-state index contributed by atoms with van der Waals surface area (Å²) in [6.07, 6.45) is 2.86. The molecule has 1 aromatic heterocycles. The summed E-state index contributed by atoms with van der Waals surface area (Å²) >= 11 is 6.07. The van der Waals surface area contributed by atoms with Crippen LogP contribution in [-0.4, -0.2) is 11.5 Å². The fraction of sp³-hybridized carbons (Fsp3) is 0.250. The maximum absolute atomic E-state index is 6.07. The van der Waals surface area contributed by atoms with Gasteiger partial charge in [0.2, 0.25) is 0 Å². The third kappa shape index (κ3) is 2.05. The van der Waals surface area contributed by atoms with Crippen LogP contribution < -0.4 is 5.32 Å². The van der Waals surface area contributed by atoms with Crippen LogP contribution in [0.1, 0.15) is 13.3 Å². The number of aromatic nitrogens is 1. The first kappa shape index (κ1) is 10.2.